The number of carboxylic acid groups (broad SMARTS) is 1. The molecule has 0 heterocycles. The summed E-state index contributed by atoms with van der Waals surface area (Å²) >= 11 is 0. The van der Waals surface area contributed by atoms with Gasteiger partial charge in [0.15, 0.2) is 0 Å². The summed E-state index contributed by atoms with van der Waals surface area (Å²) in [4.78, 5) is 34.0. The first kappa shape index (κ1) is 19.3. The van der Waals surface area contributed by atoms with Crippen molar-refractivity contribution < 1.29 is 29.0 Å². The molecule has 1 atom stereocenters. The number of carbonyl (C=O) groups excluding carboxylic acids is 2. The van der Waals surface area contributed by atoms with Gasteiger partial charge in [0, 0.05) is 18.9 Å². The quantitative estimate of drug-likeness (QED) is 0.550. The second kappa shape index (κ2) is 9.37. The Morgan fingerprint density at radius 1 is 1.13 bits per heavy atom. The molecule has 1 aliphatic rings. The third-order valence-corrected chi connectivity index (χ3v) is 4.03. The molecule has 1 unspecified atom stereocenters. The predicted molar refractivity (Wildman–Crippen MR) is 82.6 cm³/mol. The SMILES string of the molecule is CCC(=O)OC(OC(=O)NCC1CCC(C(=O)O)CC1)C(C)C. The van der Waals surface area contributed by atoms with E-state index in [2.05, 4.69) is 5.32 Å². The minimum absolute atomic E-state index is 0.137. The zero-order chi connectivity index (χ0) is 17.4. The molecule has 2 N–H and O–H groups in total. The fourth-order valence-electron chi connectivity index (χ4n) is 2.50. The average Bonchev–Trinajstić information content (AvgIpc) is 2.52. The van der Waals surface area contributed by atoms with Crippen LogP contribution in [-0.4, -0.2) is 36.0 Å². The standard InChI is InChI=1S/C16H27NO6/c1-4-13(18)22-15(10(2)3)23-16(21)17-9-11-5-7-12(8-6-11)14(19)20/h10-12,15H,4-9H2,1-3H3,(H,17,21)(H,19,20). The van der Waals surface area contributed by atoms with Crippen LogP contribution >= 0.6 is 0 Å². The minimum atomic E-state index is -0.898. The number of rotatable bonds is 7. The minimum Gasteiger partial charge on any atom is -0.481 e. The molecular formula is C16H27NO6. The third-order valence-electron chi connectivity index (χ3n) is 4.03. The number of nitrogens with one attached hydrogen (secondary N) is 1. The van der Waals surface area contributed by atoms with Crippen molar-refractivity contribution in [1.82, 2.24) is 5.32 Å². The van der Waals surface area contributed by atoms with Crippen LogP contribution in [0.25, 0.3) is 0 Å². The van der Waals surface area contributed by atoms with Gasteiger partial charge in [-0.15, -0.1) is 0 Å². The highest BCUT2D eigenvalue weighted by atomic mass is 16.7. The number of esters is 1. The second-order valence-electron chi connectivity index (χ2n) is 6.30. The third kappa shape index (κ3) is 6.88. The van der Waals surface area contributed by atoms with Crippen LogP contribution in [0.2, 0.25) is 0 Å². The van der Waals surface area contributed by atoms with Crippen LogP contribution in [0.1, 0.15) is 52.9 Å². The largest absolute Gasteiger partial charge is 0.481 e. The van der Waals surface area contributed by atoms with Gasteiger partial charge < -0.3 is 19.9 Å². The second-order valence-corrected chi connectivity index (χ2v) is 6.30. The number of carbonyl (C=O) groups is 3. The number of aliphatic carboxylic acids is 1. The number of carboxylic acids is 1. The van der Waals surface area contributed by atoms with Gasteiger partial charge in [0.1, 0.15) is 0 Å². The highest BCUT2D eigenvalue weighted by Gasteiger charge is 2.27. The first-order valence-corrected chi connectivity index (χ1v) is 8.20. The van der Waals surface area contributed by atoms with Gasteiger partial charge >= 0.3 is 18.0 Å². The van der Waals surface area contributed by atoms with E-state index in [9.17, 15) is 14.4 Å². The van der Waals surface area contributed by atoms with Gasteiger partial charge in [-0.1, -0.05) is 20.8 Å². The van der Waals surface area contributed by atoms with E-state index in [4.69, 9.17) is 14.6 Å². The van der Waals surface area contributed by atoms with Crippen molar-refractivity contribution >= 4 is 18.0 Å². The monoisotopic (exact) mass is 329 g/mol. The van der Waals surface area contributed by atoms with Gasteiger partial charge in [-0.25, -0.2) is 4.79 Å². The number of hydrogen-bond acceptors (Lipinski definition) is 5. The molecular weight excluding hydrogens is 302 g/mol. The number of amides is 1. The van der Waals surface area contributed by atoms with E-state index in [1.807, 2.05) is 0 Å². The van der Waals surface area contributed by atoms with Crippen molar-refractivity contribution in [1.29, 1.82) is 0 Å². The van der Waals surface area contributed by atoms with Crippen LogP contribution in [0.15, 0.2) is 0 Å². The molecule has 1 saturated carbocycles. The zero-order valence-electron chi connectivity index (χ0n) is 14.0. The van der Waals surface area contributed by atoms with Crippen LogP contribution in [0.5, 0.6) is 0 Å². The molecule has 1 fully saturated rings. The van der Waals surface area contributed by atoms with Gasteiger partial charge in [-0.3, -0.25) is 9.59 Å². The molecule has 1 aliphatic carbocycles. The maximum Gasteiger partial charge on any atom is 0.410 e. The van der Waals surface area contributed by atoms with Crippen LogP contribution in [-0.2, 0) is 19.1 Å². The lowest BCUT2D eigenvalue weighted by Gasteiger charge is -2.26. The lowest BCUT2D eigenvalue weighted by atomic mass is 9.82. The maximum atomic E-state index is 11.8. The van der Waals surface area contributed by atoms with E-state index in [-0.39, 0.29) is 24.2 Å². The fourth-order valence-corrected chi connectivity index (χ4v) is 2.50. The molecule has 0 aromatic heterocycles. The Balaban J connectivity index is 2.33. The van der Waals surface area contributed by atoms with E-state index in [1.54, 1.807) is 20.8 Å². The molecule has 0 radical (unpaired) electrons. The number of alkyl carbamates (subject to hydrolysis) is 1. The fraction of sp³-hybridized carbons (Fsp3) is 0.812. The molecule has 7 heteroatoms. The summed E-state index contributed by atoms with van der Waals surface area (Å²) in [6.07, 6.45) is 1.53. The highest BCUT2D eigenvalue weighted by Crippen LogP contribution is 2.28. The summed E-state index contributed by atoms with van der Waals surface area (Å²) in [5.74, 6) is -1.30. The summed E-state index contributed by atoms with van der Waals surface area (Å²) in [6.45, 7) is 5.72. The smallest absolute Gasteiger partial charge is 0.410 e. The molecule has 132 valence electrons. The van der Waals surface area contributed by atoms with Crippen molar-refractivity contribution in [2.75, 3.05) is 6.54 Å². The Labute approximate surface area is 136 Å². The van der Waals surface area contributed by atoms with Crippen molar-refractivity contribution in [2.24, 2.45) is 17.8 Å². The van der Waals surface area contributed by atoms with Gasteiger partial charge in [0.05, 0.1) is 5.92 Å². The number of ether oxygens (including phenoxy) is 2. The Hall–Kier alpha value is -1.79. The van der Waals surface area contributed by atoms with Crippen LogP contribution in [0, 0.1) is 17.8 Å². The molecule has 1 amide bonds. The van der Waals surface area contributed by atoms with Gasteiger partial charge in [0.25, 0.3) is 6.29 Å². The molecule has 0 saturated heterocycles. The van der Waals surface area contributed by atoms with E-state index < -0.39 is 24.3 Å². The van der Waals surface area contributed by atoms with Gasteiger partial charge in [0.2, 0.25) is 0 Å². The molecule has 0 aromatic carbocycles. The average molecular weight is 329 g/mol. The molecule has 0 bridgehead atoms. The molecule has 7 nitrogen and oxygen atoms in total. The molecule has 0 spiro atoms. The maximum absolute atomic E-state index is 11.8. The van der Waals surface area contributed by atoms with Crippen molar-refractivity contribution in [3.05, 3.63) is 0 Å². The van der Waals surface area contributed by atoms with Crippen LogP contribution < -0.4 is 5.32 Å². The Morgan fingerprint density at radius 3 is 2.22 bits per heavy atom. The lowest BCUT2D eigenvalue weighted by molar-refractivity contribution is -0.174. The number of hydrogen-bond donors (Lipinski definition) is 2. The van der Waals surface area contributed by atoms with Crippen molar-refractivity contribution in [3.8, 4) is 0 Å². The Bertz CT molecular complexity index is 415. The molecule has 23 heavy (non-hydrogen) atoms. The summed E-state index contributed by atoms with van der Waals surface area (Å²) in [5.41, 5.74) is 0. The highest BCUT2D eigenvalue weighted by molar-refractivity contribution is 5.70. The van der Waals surface area contributed by atoms with Crippen molar-refractivity contribution in [3.63, 3.8) is 0 Å². The van der Waals surface area contributed by atoms with E-state index in [0.717, 1.165) is 12.8 Å². The molecule has 0 aliphatic heterocycles. The first-order chi connectivity index (χ1) is 10.8. The molecule has 1 rings (SSSR count). The van der Waals surface area contributed by atoms with Crippen LogP contribution in [0.3, 0.4) is 0 Å². The molecule has 0 aromatic rings. The summed E-state index contributed by atoms with van der Waals surface area (Å²) in [7, 11) is 0. The Morgan fingerprint density at radius 2 is 1.74 bits per heavy atom. The summed E-state index contributed by atoms with van der Waals surface area (Å²) < 4.78 is 10.2. The van der Waals surface area contributed by atoms with Gasteiger partial charge in [-0.2, -0.15) is 0 Å². The first-order valence-electron chi connectivity index (χ1n) is 8.20. The Kier molecular flexibility index (Phi) is 7.85. The van der Waals surface area contributed by atoms with Crippen LogP contribution in [0.4, 0.5) is 4.79 Å². The zero-order valence-corrected chi connectivity index (χ0v) is 14.0. The summed E-state index contributed by atoms with van der Waals surface area (Å²) in [5, 5.41) is 11.6. The van der Waals surface area contributed by atoms with E-state index in [0.29, 0.717) is 19.4 Å². The van der Waals surface area contributed by atoms with Gasteiger partial charge in [-0.05, 0) is 31.6 Å². The predicted octanol–water partition coefficient (Wildman–Crippen LogP) is 2.54. The lowest BCUT2D eigenvalue weighted by Crippen LogP contribution is -2.37. The normalized spacial score (nSPS) is 22.3. The van der Waals surface area contributed by atoms with E-state index >= 15 is 0 Å². The summed E-state index contributed by atoms with van der Waals surface area (Å²) in [6, 6.07) is 0. The van der Waals surface area contributed by atoms with Crippen molar-refractivity contribution in [2.45, 2.75) is 59.2 Å². The topological polar surface area (TPSA) is 102 Å². The van der Waals surface area contributed by atoms with E-state index in [1.165, 1.54) is 0 Å².